The van der Waals surface area contributed by atoms with Crippen LogP contribution in [0.25, 0.3) is 0 Å². The highest BCUT2D eigenvalue weighted by Crippen LogP contribution is 2.39. The Kier molecular flexibility index (Phi) is 2.76. The molecule has 0 radical (unpaired) electrons. The highest BCUT2D eigenvalue weighted by Gasteiger charge is 2.36. The van der Waals surface area contributed by atoms with Gasteiger partial charge < -0.3 is 4.90 Å². The van der Waals surface area contributed by atoms with Gasteiger partial charge in [0.15, 0.2) is 0 Å². The highest BCUT2D eigenvalue weighted by molar-refractivity contribution is 5.79. The van der Waals surface area contributed by atoms with E-state index in [0.717, 1.165) is 24.7 Å². The van der Waals surface area contributed by atoms with Crippen molar-refractivity contribution in [1.29, 1.82) is 0 Å². The molecule has 0 bridgehead atoms. The quantitative estimate of drug-likeness (QED) is 0.617. The number of carbonyl (C=O) groups excluding carboxylic acids is 1. The van der Waals surface area contributed by atoms with Crippen LogP contribution in [0.4, 0.5) is 0 Å². The fourth-order valence-electron chi connectivity index (χ4n) is 1.77. The van der Waals surface area contributed by atoms with E-state index in [1.807, 2.05) is 14.1 Å². The Bertz CT molecular complexity index is 169. The van der Waals surface area contributed by atoms with Crippen molar-refractivity contribution in [2.45, 2.75) is 26.7 Å². The zero-order valence-electron chi connectivity index (χ0n) is 8.50. The van der Waals surface area contributed by atoms with Crippen LogP contribution in [0, 0.1) is 17.8 Å². The van der Waals surface area contributed by atoms with E-state index in [1.54, 1.807) is 4.90 Å². The summed E-state index contributed by atoms with van der Waals surface area (Å²) in [6.45, 7) is 4.47. The fraction of sp³-hybridized carbons (Fsp3) is 0.900. The zero-order chi connectivity index (χ0) is 9.30. The predicted octanol–water partition coefficient (Wildman–Crippen LogP) is 1.76. The van der Waals surface area contributed by atoms with Crippen molar-refractivity contribution in [2.75, 3.05) is 14.1 Å². The van der Waals surface area contributed by atoms with E-state index in [1.165, 1.54) is 0 Å². The van der Waals surface area contributed by atoms with E-state index < -0.39 is 0 Å². The number of rotatable bonds is 2. The lowest BCUT2D eigenvalue weighted by Crippen LogP contribution is -2.39. The predicted molar refractivity (Wildman–Crippen MR) is 49.7 cm³/mol. The molecule has 0 aliphatic heterocycles. The summed E-state index contributed by atoms with van der Waals surface area (Å²) >= 11 is 0. The van der Waals surface area contributed by atoms with Crippen LogP contribution in [-0.4, -0.2) is 24.9 Å². The minimum Gasteiger partial charge on any atom is -0.349 e. The smallest absolute Gasteiger partial charge is 0.225 e. The molecule has 0 saturated heterocycles. The summed E-state index contributed by atoms with van der Waals surface area (Å²) < 4.78 is 0. The third kappa shape index (κ3) is 1.79. The van der Waals surface area contributed by atoms with Crippen LogP contribution < -0.4 is 0 Å². The largest absolute Gasteiger partial charge is 0.349 e. The maximum absolute atomic E-state index is 11.4. The second-order valence-corrected chi connectivity index (χ2v) is 4.41. The third-order valence-corrected chi connectivity index (χ3v) is 2.91. The van der Waals surface area contributed by atoms with Crippen LogP contribution in [0.2, 0.25) is 0 Å². The molecule has 1 saturated carbocycles. The lowest BCUT2D eigenvalue weighted by atomic mass is 9.69. The SMILES string of the molecule is CC(C)C1CC(C(=O)N(C)C)C1. The molecule has 12 heavy (non-hydrogen) atoms. The standard InChI is InChI=1S/C10H19NO/c1-7(2)8-5-9(6-8)10(12)11(3)4/h7-9H,5-6H2,1-4H3. The van der Waals surface area contributed by atoms with Crippen molar-refractivity contribution in [2.24, 2.45) is 17.8 Å². The van der Waals surface area contributed by atoms with Crippen molar-refractivity contribution < 1.29 is 4.79 Å². The average Bonchev–Trinajstić information content (AvgIpc) is 1.82. The van der Waals surface area contributed by atoms with Crippen molar-refractivity contribution in [1.82, 2.24) is 4.90 Å². The molecule has 1 rings (SSSR count). The third-order valence-electron chi connectivity index (χ3n) is 2.91. The lowest BCUT2D eigenvalue weighted by Gasteiger charge is -2.38. The zero-order valence-corrected chi connectivity index (χ0v) is 8.50. The Morgan fingerprint density at radius 2 is 1.83 bits per heavy atom. The van der Waals surface area contributed by atoms with Gasteiger partial charge >= 0.3 is 0 Å². The maximum atomic E-state index is 11.4. The Labute approximate surface area is 74.9 Å². The van der Waals surface area contributed by atoms with Gasteiger partial charge in [0.1, 0.15) is 0 Å². The van der Waals surface area contributed by atoms with Gasteiger partial charge in [-0.15, -0.1) is 0 Å². The molecule has 0 heterocycles. The van der Waals surface area contributed by atoms with E-state index >= 15 is 0 Å². The van der Waals surface area contributed by atoms with Crippen LogP contribution in [0.15, 0.2) is 0 Å². The second kappa shape index (κ2) is 3.46. The van der Waals surface area contributed by atoms with Gasteiger partial charge in [-0.1, -0.05) is 13.8 Å². The normalized spacial score (nSPS) is 28.4. The monoisotopic (exact) mass is 169 g/mol. The van der Waals surface area contributed by atoms with E-state index in [0.29, 0.717) is 11.8 Å². The number of amides is 1. The van der Waals surface area contributed by atoms with E-state index in [2.05, 4.69) is 13.8 Å². The Morgan fingerprint density at radius 3 is 2.17 bits per heavy atom. The first-order valence-corrected chi connectivity index (χ1v) is 4.73. The summed E-state index contributed by atoms with van der Waals surface area (Å²) in [6, 6.07) is 0. The van der Waals surface area contributed by atoms with Crippen LogP contribution in [0.3, 0.4) is 0 Å². The van der Waals surface area contributed by atoms with Gasteiger partial charge in [0, 0.05) is 20.0 Å². The van der Waals surface area contributed by atoms with Crippen LogP contribution in [-0.2, 0) is 4.79 Å². The number of hydrogen-bond acceptors (Lipinski definition) is 1. The molecule has 1 amide bonds. The molecule has 0 aromatic rings. The van der Waals surface area contributed by atoms with Gasteiger partial charge in [0.05, 0.1) is 0 Å². The van der Waals surface area contributed by atoms with E-state index in [4.69, 9.17) is 0 Å². The molecule has 0 N–H and O–H groups in total. The summed E-state index contributed by atoms with van der Waals surface area (Å²) in [4.78, 5) is 13.1. The van der Waals surface area contributed by atoms with Crippen molar-refractivity contribution >= 4 is 5.91 Å². The summed E-state index contributed by atoms with van der Waals surface area (Å²) in [5.74, 6) is 2.18. The maximum Gasteiger partial charge on any atom is 0.225 e. The Balaban J connectivity index is 2.30. The van der Waals surface area contributed by atoms with Gasteiger partial charge in [-0.3, -0.25) is 4.79 Å². The summed E-state index contributed by atoms with van der Waals surface area (Å²) in [5, 5.41) is 0. The number of nitrogens with zero attached hydrogens (tertiary/aromatic N) is 1. The molecule has 0 spiro atoms. The molecule has 1 fully saturated rings. The van der Waals surface area contributed by atoms with Crippen LogP contribution >= 0.6 is 0 Å². The van der Waals surface area contributed by atoms with Crippen LogP contribution in [0.5, 0.6) is 0 Å². The summed E-state index contributed by atoms with van der Waals surface area (Å²) in [5.41, 5.74) is 0. The minimum absolute atomic E-state index is 0.312. The van der Waals surface area contributed by atoms with Gasteiger partial charge in [-0.2, -0.15) is 0 Å². The molecule has 0 unspecified atom stereocenters. The topological polar surface area (TPSA) is 20.3 Å². The van der Waals surface area contributed by atoms with E-state index in [-0.39, 0.29) is 0 Å². The molecule has 0 aromatic heterocycles. The Hall–Kier alpha value is -0.530. The van der Waals surface area contributed by atoms with E-state index in [9.17, 15) is 4.79 Å². The molecule has 1 aliphatic rings. The van der Waals surface area contributed by atoms with Crippen LogP contribution in [0.1, 0.15) is 26.7 Å². The highest BCUT2D eigenvalue weighted by atomic mass is 16.2. The first kappa shape index (κ1) is 9.56. The first-order valence-electron chi connectivity index (χ1n) is 4.73. The molecule has 0 aromatic carbocycles. The van der Waals surface area contributed by atoms with Crippen molar-refractivity contribution in [3.8, 4) is 0 Å². The molecular weight excluding hydrogens is 150 g/mol. The molecule has 2 nitrogen and oxygen atoms in total. The molecule has 70 valence electrons. The number of hydrogen-bond donors (Lipinski definition) is 0. The van der Waals surface area contributed by atoms with Gasteiger partial charge in [0.2, 0.25) is 5.91 Å². The number of carbonyl (C=O) groups is 1. The van der Waals surface area contributed by atoms with Gasteiger partial charge in [-0.25, -0.2) is 0 Å². The second-order valence-electron chi connectivity index (χ2n) is 4.41. The van der Waals surface area contributed by atoms with Gasteiger partial charge in [-0.05, 0) is 24.7 Å². The first-order chi connectivity index (χ1) is 5.52. The minimum atomic E-state index is 0.312. The lowest BCUT2D eigenvalue weighted by molar-refractivity contribution is -0.137. The summed E-state index contributed by atoms with van der Waals surface area (Å²) in [7, 11) is 3.68. The fourth-order valence-corrected chi connectivity index (χ4v) is 1.77. The Morgan fingerprint density at radius 1 is 1.33 bits per heavy atom. The van der Waals surface area contributed by atoms with Crippen molar-refractivity contribution in [3.63, 3.8) is 0 Å². The average molecular weight is 169 g/mol. The molecule has 2 heteroatoms. The van der Waals surface area contributed by atoms with Gasteiger partial charge in [0.25, 0.3) is 0 Å². The summed E-state index contributed by atoms with van der Waals surface area (Å²) in [6.07, 6.45) is 2.21. The van der Waals surface area contributed by atoms with Crippen molar-refractivity contribution in [3.05, 3.63) is 0 Å². The molecule has 1 aliphatic carbocycles. The molecule has 0 atom stereocenters. The molecular formula is C10H19NO.